The molecule has 3 amide bonds. The molecule has 5 rings (SSSR count). The number of benzene rings is 4. The number of Topliss-reactive ketones (excluding diaryl/α,β-unsaturated/α-hetero) is 1. The number of carbonyl (C=O) groups is 5. The van der Waals surface area contributed by atoms with E-state index < -0.39 is 57.1 Å². The summed E-state index contributed by atoms with van der Waals surface area (Å²) in [4.78, 5) is 87.4. The number of imide groups is 1. The van der Waals surface area contributed by atoms with Gasteiger partial charge < -0.3 is 4.74 Å². The summed E-state index contributed by atoms with van der Waals surface area (Å²) >= 11 is 12.2. The predicted octanol–water partition coefficient (Wildman–Crippen LogP) is 5.57. The summed E-state index contributed by atoms with van der Waals surface area (Å²) < 4.78 is 5.25. The van der Waals surface area contributed by atoms with Gasteiger partial charge in [-0.25, -0.2) is 9.80 Å². The highest BCUT2D eigenvalue weighted by atomic mass is 35.5. The standard InChI is InChI=1S/C30H16Cl2N4O10/c31-18-8-13-21(23(32)14-18)27(38)33(34-28(39)22-2-1-3-24(36(44)45)26(22)29(34)40)15-25(37)16-6-11-20(12-7-16)46-30(41)17-4-9-19(10-5-17)35(42)43/h1-14H,15H2. The van der Waals surface area contributed by atoms with Crippen LogP contribution in [-0.2, 0) is 0 Å². The number of hydrogen-bond donors (Lipinski definition) is 0. The van der Waals surface area contributed by atoms with Crippen molar-refractivity contribution in [3.63, 3.8) is 0 Å². The number of halogens is 2. The Bertz CT molecular complexity index is 1980. The zero-order chi connectivity index (χ0) is 33.3. The zero-order valence-electron chi connectivity index (χ0n) is 22.9. The lowest BCUT2D eigenvalue weighted by molar-refractivity contribution is -0.385. The number of nitro groups is 2. The molecule has 0 N–H and O–H groups in total. The van der Waals surface area contributed by atoms with Crippen LogP contribution in [0.15, 0.2) is 84.9 Å². The van der Waals surface area contributed by atoms with E-state index >= 15 is 0 Å². The summed E-state index contributed by atoms with van der Waals surface area (Å²) in [6.07, 6.45) is 0. The molecule has 0 saturated carbocycles. The van der Waals surface area contributed by atoms with Crippen molar-refractivity contribution in [2.24, 2.45) is 0 Å². The van der Waals surface area contributed by atoms with E-state index in [0.717, 1.165) is 18.2 Å². The summed E-state index contributed by atoms with van der Waals surface area (Å²) in [7, 11) is 0. The van der Waals surface area contributed by atoms with E-state index in [1.165, 1.54) is 66.7 Å². The maximum atomic E-state index is 13.7. The Hall–Kier alpha value is -5.99. The second-order valence-corrected chi connectivity index (χ2v) is 10.4. The third-order valence-electron chi connectivity index (χ3n) is 6.70. The average Bonchev–Trinajstić information content (AvgIpc) is 3.28. The zero-order valence-corrected chi connectivity index (χ0v) is 24.4. The summed E-state index contributed by atoms with van der Waals surface area (Å²) in [5, 5.41) is 23.3. The minimum absolute atomic E-state index is 0.00781. The molecule has 230 valence electrons. The fourth-order valence-corrected chi connectivity index (χ4v) is 4.97. The molecule has 14 nitrogen and oxygen atoms in total. The van der Waals surface area contributed by atoms with E-state index in [9.17, 15) is 44.2 Å². The number of hydrogen-bond acceptors (Lipinski definition) is 10. The van der Waals surface area contributed by atoms with Crippen LogP contribution in [0, 0.1) is 20.2 Å². The molecule has 0 fully saturated rings. The van der Waals surface area contributed by atoms with E-state index in [1.54, 1.807) is 0 Å². The van der Waals surface area contributed by atoms with Crippen molar-refractivity contribution in [1.82, 2.24) is 10.0 Å². The number of esters is 1. The minimum Gasteiger partial charge on any atom is -0.423 e. The van der Waals surface area contributed by atoms with Crippen molar-refractivity contribution in [2.45, 2.75) is 0 Å². The highest BCUT2D eigenvalue weighted by Gasteiger charge is 2.46. The SMILES string of the molecule is O=C(CN(C(=O)c1ccc(Cl)cc1Cl)N1C(=O)c2cccc([N+](=O)[O-])c2C1=O)c1ccc(OC(=O)c2ccc([N+](=O)[O-])cc2)cc1. The number of fused-ring (bicyclic) bond motifs is 1. The third kappa shape index (κ3) is 6.02. The van der Waals surface area contributed by atoms with Gasteiger partial charge in [-0.1, -0.05) is 29.3 Å². The maximum Gasteiger partial charge on any atom is 0.343 e. The quantitative estimate of drug-likeness (QED) is 0.0547. The van der Waals surface area contributed by atoms with E-state index in [-0.39, 0.29) is 43.7 Å². The summed E-state index contributed by atoms with van der Waals surface area (Å²) in [6.45, 7) is -0.890. The molecule has 0 radical (unpaired) electrons. The molecule has 1 aliphatic rings. The second kappa shape index (κ2) is 12.6. The van der Waals surface area contributed by atoms with Crippen molar-refractivity contribution < 1.29 is 38.6 Å². The molecular weight excluding hydrogens is 647 g/mol. The first-order chi connectivity index (χ1) is 21.9. The van der Waals surface area contributed by atoms with Crippen LogP contribution in [0.25, 0.3) is 0 Å². The van der Waals surface area contributed by atoms with Crippen LogP contribution in [0.2, 0.25) is 10.0 Å². The van der Waals surface area contributed by atoms with Gasteiger partial charge in [-0.3, -0.25) is 39.4 Å². The van der Waals surface area contributed by atoms with Gasteiger partial charge in [-0.2, -0.15) is 5.01 Å². The Morgan fingerprint density at radius 2 is 1.46 bits per heavy atom. The molecule has 46 heavy (non-hydrogen) atoms. The van der Waals surface area contributed by atoms with Gasteiger partial charge in [0, 0.05) is 28.8 Å². The van der Waals surface area contributed by atoms with E-state index in [0.29, 0.717) is 10.0 Å². The Kier molecular flexibility index (Phi) is 8.58. The van der Waals surface area contributed by atoms with Gasteiger partial charge in [0.25, 0.3) is 29.1 Å². The summed E-state index contributed by atoms with van der Waals surface area (Å²) in [5.74, 6) is -4.94. The number of non-ortho nitro benzene ring substituents is 1. The molecule has 4 aromatic rings. The summed E-state index contributed by atoms with van der Waals surface area (Å²) in [6, 6.07) is 16.9. The van der Waals surface area contributed by atoms with Gasteiger partial charge in [-0.15, -0.1) is 0 Å². The first-order valence-corrected chi connectivity index (χ1v) is 13.7. The number of ketones is 1. The number of hydrazine groups is 1. The van der Waals surface area contributed by atoms with Crippen LogP contribution in [-0.4, -0.2) is 55.9 Å². The van der Waals surface area contributed by atoms with Crippen LogP contribution in [0.5, 0.6) is 5.75 Å². The number of ether oxygens (including phenoxy) is 1. The fraction of sp³-hybridized carbons (Fsp3) is 0.0333. The summed E-state index contributed by atoms with van der Waals surface area (Å²) in [5.41, 5.74) is -2.00. The largest absolute Gasteiger partial charge is 0.423 e. The van der Waals surface area contributed by atoms with Crippen molar-refractivity contribution in [3.05, 3.63) is 143 Å². The van der Waals surface area contributed by atoms with E-state index in [2.05, 4.69) is 0 Å². The molecule has 16 heteroatoms. The average molecular weight is 663 g/mol. The van der Waals surface area contributed by atoms with Gasteiger partial charge in [-0.05, 0) is 60.7 Å². The van der Waals surface area contributed by atoms with Gasteiger partial charge >= 0.3 is 5.97 Å². The minimum atomic E-state index is -1.20. The van der Waals surface area contributed by atoms with Crippen molar-refractivity contribution in [3.8, 4) is 5.75 Å². The van der Waals surface area contributed by atoms with Gasteiger partial charge in [0.2, 0.25) is 0 Å². The smallest absolute Gasteiger partial charge is 0.343 e. The number of nitro benzene ring substituents is 2. The first-order valence-electron chi connectivity index (χ1n) is 12.9. The Labute approximate surface area is 267 Å². The van der Waals surface area contributed by atoms with Gasteiger partial charge in [0.05, 0.1) is 31.6 Å². The molecule has 0 spiro atoms. The first kappa shape index (κ1) is 31.4. The lowest BCUT2D eigenvalue weighted by Crippen LogP contribution is -2.51. The molecule has 0 saturated heterocycles. The second-order valence-electron chi connectivity index (χ2n) is 9.51. The molecule has 0 unspecified atom stereocenters. The molecule has 0 atom stereocenters. The van der Waals surface area contributed by atoms with Gasteiger partial charge in [0.15, 0.2) is 5.78 Å². The fourth-order valence-electron chi connectivity index (χ4n) is 4.48. The van der Waals surface area contributed by atoms with Crippen LogP contribution in [0.4, 0.5) is 11.4 Å². The highest BCUT2D eigenvalue weighted by Crippen LogP contribution is 2.33. The normalized spacial score (nSPS) is 12.0. The molecule has 1 aliphatic heterocycles. The number of amides is 3. The van der Waals surface area contributed by atoms with Crippen LogP contribution in [0.1, 0.15) is 51.8 Å². The van der Waals surface area contributed by atoms with Crippen LogP contribution in [0.3, 0.4) is 0 Å². The number of carbonyl (C=O) groups excluding carboxylic acids is 5. The highest BCUT2D eigenvalue weighted by molar-refractivity contribution is 6.37. The number of nitrogens with zero attached hydrogens (tertiary/aromatic N) is 4. The lowest BCUT2D eigenvalue weighted by Gasteiger charge is -2.29. The maximum absolute atomic E-state index is 13.7. The van der Waals surface area contributed by atoms with Gasteiger partial charge in [0.1, 0.15) is 17.9 Å². The third-order valence-corrected chi connectivity index (χ3v) is 7.25. The lowest BCUT2D eigenvalue weighted by atomic mass is 10.1. The molecular formula is C30H16Cl2N4O10. The van der Waals surface area contributed by atoms with Crippen molar-refractivity contribution in [1.29, 1.82) is 0 Å². The number of rotatable bonds is 9. The van der Waals surface area contributed by atoms with E-state index in [1.807, 2.05) is 0 Å². The predicted molar refractivity (Wildman–Crippen MR) is 160 cm³/mol. The van der Waals surface area contributed by atoms with E-state index in [4.69, 9.17) is 27.9 Å². The van der Waals surface area contributed by atoms with Crippen LogP contribution < -0.4 is 4.74 Å². The van der Waals surface area contributed by atoms with Crippen molar-refractivity contribution >= 4 is 64.1 Å². The monoisotopic (exact) mass is 662 g/mol. The Morgan fingerprint density at radius 3 is 2.07 bits per heavy atom. The molecule has 0 aromatic heterocycles. The topological polar surface area (TPSA) is 187 Å². The molecule has 0 bridgehead atoms. The van der Waals surface area contributed by atoms with Crippen LogP contribution >= 0.6 is 23.2 Å². The Balaban J connectivity index is 1.42. The molecule has 1 heterocycles. The molecule has 4 aromatic carbocycles. The Morgan fingerprint density at radius 1 is 0.804 bits per heavy atom. The molecule has 0 aliphatic carbocycles. The van der Waals surface area contributed by atoms with Crippen molar-refractivity contribution in [2.75, 3.05) is 6.54 Å².